The Bertz CT molecular complexity index is 662. The van der Waals surface area contributed by atoms with Crippen molar-refractivity contribution in [3.8, 4) is 0 Å². The fourth-order valence-electron chi connectivity index (χ4n) is 2.12. The van der Waals surface area contributed by atoms with Crippen molar-refractivity contribution in [3.05, 3.63) is 71.0 Å². The Kier molecular flexibility index (Phi) is 5.03. The Labute approximate surface area is 131 Å². The van der Waals surface area contributed by atoms with Crippen LogP contribution in [0.5, 0.6) is 0 Å². The molecule has 0 aromatic heterocycles. The zero-order valence-corrected chi connectivity index (χ0v) is 12.3. The van der Waals surface area contributed by atoms with Crippen LogP contribution in [0.4, 0.5) is 17.6 Å². The van der Waals surface area contributed by atoms with Gasteiger partial charge in [-0.1, -0.05) is 24.3 Å². The summed E-state index contributed by atoms with van der Waals surface area (Å²) in [5, 5.41) is 2.70. The third kappa shape index (κ3) is 4.81. The van der Waals surface area contributed by atoms with Crippen molar-refractivity contribution in [3.63, 3.8) is 0 Å². The highest BCUT2D eigenvalue weighted by Gasteiger charge is 2.30. The molecule has 0 saturated heterocycles. The van der Waals surface area contributed by atoms with Gasteiger partial charge in [-0.15, -0.1) is 0 Å². The Morgan fingerprint density at radius 3 is 2.13 bits per heavy atom. The fraction of sp³-hybridized carbons (Fsp3) is 0.235. The van der Waals surface area contributed by atoms with E-state index in [-0.39, 0.29) is 18.1 Å². The summed E-state index contributed by atoms with van der Waals surface area (Å²) in [5.41, 5.74) is 0.500. The van der Waals surface area contributed by atoms with Crippen LogP contribution in [0, 0.1) is 5.82 Å². The number of rotatable bonds is 4. The second-order valence-electron chi connectivity index (χ2n) is 5.21. The SMILES string of the molecule is CC(NC(=O)Cc1ccc(F)cc1)c1ccc(C(F)(F)F)cc1. The summed E-state index contributed by atoms with van der Waals surface area (Å²) >= 11 is 0. The number of carbonyl (C=O) groups excluding carboxylic acids is 1. The first-order valence-electron chi connectivity index (χ1n) is 6.96. The largest absolute Gasteiger partial charge is 0.416 e. The average Bonchev–Trinajstić information content (AvgIpc) is 2.49. The highest BCUT2D eigenvalue weighted by Crippen LogP contribution is 2.29. The average molecular weight is 325 g/mol. The van der Waals surface area contributed by atoms with E-state index in [0.29, 0.717) is 11.1 Å². The number of halogens is 4. The first-order valence-corrected chi connectivity index (χ1v) is 6.96. The quantitative estimate of drug-likeness (QED) is 0.836. The molecule has 6 heteroatoms. The van der Waals surface area contributed by atoms with Crippen LogP contribution in [0.25, 0.3) is 0 Å². The van der Waals surface area contributed by atoms with Crippen molar-refractivity contribution in [1.29, 1.82) is 0 Å². The third-order valence-electron chi connectivity index (χ3n) is 3.39. The van der Waals surface area contributed by atoms with E-state index < -0.39 is 17.8 Å². The Morgan fingerprint density at radius 2 is 1.61 bits per heavy atom. The minimum atomic E-state index is -4.38. The maximum absolute atomic E-state index is 12.8. The number of alkyl halides is 3. The molecular formula is C17H15F4NO. The van der Waals surface area contributed by atoms with E-state index in [2.05, 4.69) is 5.32 Å². The first kappa shape index (κ1) is 17.0. The Morgan fingerprint density at radius 1 is 1.04 bits per heavy atom. The molecular weight excluding hydrogens is 310 g/mol. The van der Waals surface area contributed by atoms with Gasteiger partial charge in [0.2, 0.25) is 5.91 Å². The van der Waals surface area contributed by atoms with E-state index in [1.165, 1.54) is 36.4 Å². The molecule has 0 heterocycles. The monoisotopic (exact) mass is 325 g/mol. The molecule has 2 aromatic carbocycles. The zero-order chi connectivity index (χ0) is 17.0. The van der Waals surface area contributed by atoms with Crippen LogP contribution >= 0.6 is 0 Å². The molecule has 0 aliphatic heterocycles. The molecule has 0 bridgehead atoms. The van der Waals surface area contributed by atoms with Gasteiger partial charge in [-0.2, -0.15) is 13.2 Å². The van der Waals surface area contributed by atoms with E-state index in [0.717, 1.165) is 12.1 Å². The Hall–Kier alpha value is -2.37. The molecule has 0 saturated carbocycles. The molecule has 2 nitrogen and oxygen atoms in total. The van der Waals surface area contributed by atoms with E-state index in [1.807, 2.05) is 0 Å². The minimum absolute atomic E-state index is 0.0747. The second-order valence-corrected chi connectivity index (χ2v) is 5.21. The second kappa shape index (κ2) is 6.81. The lowest BCUT2D eigenvalue weighted by Crippen LogP contribution is -2.28. The summed E-state index contributed by atoms with van der Waals surface area (Å²) in [5.74, 6) is -0.670. The minimum Gasteiger partial charge on any atom is -0.349 e. The van der Waals surface area contributed by atoms with Gasteiger partial charge in [-0.05, 0) is 42.3 Å². The number of amides is 1. The third-order valence-corrected chi connectivity index (χ3v) is 3.39. The maximum Gasteiger partial charge on any atom is 0.416 e. The van der Waals surface area contributed by atoms with Gasteiger partial charge in [0.25, 0.3) is 0 Å². The van der Waals surface area contributed by atoms with Crippen molar-refractivity contribution in [2.45, 2.75) is 25.6 Å². The summed E-state index contributed by atoms with van der Waals surface area (Å²) in [6.07, 6.45) is -4.31. The topological polar surface area (TPSA) is 29.1 Å². The number of hydrogen-bond acceptors (Lipinski definition) is 1. The highest BCUT2D eigenvalue weighted by molar-refractivity contribution is 5.79. The van der Waals surface area contributed by atoms with Gasteiger partial charge >= 0.3 is 6.18 Å². The molecule has 0 fully saturated rings. The van der Waals surface area contributed by atoms with E-state index in [1.54, 1.807) is 6.92 Å². The summed E-state index contributed by atoms with van der Waals surface area (Å²) in [7, 11) is 0. The fourth-order valence-corrected chi connectivity index (χ4v) is 2.12. The summed E-state index contributed by atoms with van der Waals surface area (Å²) < 4.78 is 50.3. The van der Waals surface area contributed by atoms with Gasteiger partial charge in [0.05, 0.1) is 18.0 Å². The van der Waals surface area contributed by atoms with Crippen molar-refractivity contribution < 1.29 is 22.4 Å². The molecule has 0 aliphatic rings. The lowest BCUT2D eigenvalue weighted by atomic mass is 10.1. The van der Waals surface area contributed by atoms with Crippen LogP contribution in [0.3, 0.4) is 0 Å². The molecule has 1 N–H and O–H groups in total. The van der Waals surface area contributed by atoms with E-state index >= 15 is 0 Å². The molecule has 1 amide bonds. The van der Waals surface area contributed by atoms with Gasteiger partial charge in [0.15, 0.2) is 0 Å². The molecule has 2 rings (SSSR count). The molecule has 1 unspecified atom stereocenters. The van der Waals surface area contributed by atoms with Gasteiger partial charge in [0, 0.05) is 0 Å². The molecule has 0 radical (unpaired) electrons. The van der Waals surface area contributed by atoms with Gasteiger partial charge in [-0.3, -0.25) is 4.79 Å². The van der Waals surface area contributed by atoms with E-state index in [4.69, 9.17) is 0 Å². The molecule has 23 heavy (non-hydrogen) atoms. The Balaban J connectivity index is 1.96. The molecule has 0 spiro atoms. The molecule has 2 aromatic rings. The highest BCUT2D eigenvalue weighted by atomic mass is 19.4. The maximum atomic E-state index is 12.8. The smallest absolute Gasteiger partial charge is 0.349 e. The van der Waals surface area contributed by atoms with Gasteiger partial charge in [0.1, 0.15) is 5.82 Å². The molecule has 1 atom stereocenters. The summed E-state index contributed by atoms with van der Waals surface area (Å²) in [6.45, 7) is 1.69. The number of carbonyl (C=O) groups is 1. The molecule has 0 aliphatic carbocycles. The normalized spacial score (nSPS) is 12.7. The van der Waals surface area contributed by atoms with Crippen molar-refractivity contribution in [2.75, 3.05) is 0 Å². The standard InChI is InChI=1S/C17H15F4NO/c1-11(13-4-6-14(7-5-13)17(19,20)21)22-16(23)10-12-2-8-15(18)9-3-12/h2-9,11H,10H2,1H3,(H,22,23). The number of hydrogen-bond donors (Lipinski definition) is 1. The van der Waals surface area contributed by atoms with Crippen LogP contribution in [-0.4, -0.2) is 5.91 Å². The number of nitrogens with one attached hydrogen (secondary N) is 1. The van der Waals surface area contributed by atoms with Crippen LogP contribution in [0.1, 0.15) is 29.7 Å². The van der Waals surface area contributed by atoms with Crippen LogP contribution in [0.15, 0.2) is 48.5 Å². The van der Waals surface area contributed by atoms with E-state index in [9.17, 15) is 22.4 Å². The predicted octanol–water partition coefficient (Wildman–Crippen LogP) is 4.26. The predicted molar refractivity (Wildman–Crippen MR) is 78.1 cm³/mol. The van der Waals surface area contributed by atoms with Crippen LogP contribution in [-0.2, 0) is 17.4 Å². The van der Waals surface area contributed by atoms with Crippen LogP contribution in [0.2, 0.25) is 0 Å². The van der Waals surface area contributed by atoms with Crippen LogP contribution < -0.4 is 5.32 Å². The number of benzene rings is 2. The van der Waals surface area contributed by atoms with Crippen molar-refractivity contribution in [1.82, 2.24) is 5.32 Å². The van der Waals surface area contributed by atoms with Gasteiger partial charge in [-0.25, -0.2) is 4.39 Å². The summed E-state index contributed by atoms with van der Waals surface area (Å²) in [4.78, 5) is 11.9. The van der Waals surface area contributed by atoms with Crippen molar-refractivity contribution in [2.24, 2.45) is 0 Å². The van der Waals surface area contributed by atoms with Gasteiger partial charge < -0.3 is 5.32 Å². The zero-order valence-electron chi connectivity index (χ0n) is 12.3. The molecule has 122 valence electrons. The lowest BCUT2D eigenvalue weighted by molar-refractivity contribution is -0.137. The first-order chi connectivity index (χ1) is 10.8. The summed E-state index contributed by atoms with van der Waals surface area (Å²) in [6, 6.07) is 9.78. The lowest BCUT2D eigenvalue weighted by Gasteiger charge is -2.15. The van der Waals surface area contributed by atoms with Crippen molar-refractivity contribution >= 4 is 5.91 Å².